The molecule has 1 aliphatic rings. The quantitative estimate of drug-likeness (QED) is 0.805. The van der Waals surface area contributed by atoms with Gasteiger partial charge >= 0.3 is 5.97 Å². The molecule has 0 amide bonds. The molecular formula is C12H14FNO2. The van der Waals surface area contributed by atoms with E-state index >= 15 is 0 Å². The molecule has 1 aromatic carbocycles. The second kappa shape index (κ2) is 4.22. The zero-order valence-electron chi connectivity index (χ0n) is 8.87. The van der Waals surface area contributed by atoms with E-state index in [4.69, 9.17) is 5.11 Å². The predicted octanol–water partition coefficient (Wildman–Crippen LogP) is 1.93. The lowest BCUT2D eigenvalue weighted by molar-refractivity contribution is 0.0696. The third-order valence-corrected chi connectivity index (χ3v) is 2.98. The van der Waals surface area contributed by atoms with Crippen LogP contribution in [0.4, 0.5) is 4.39 Å². The molecule has 1 aromatic rings. The number of carbonyl (C=O) groups is 1. The molecule has 1 fully saturated rings. The van der Waals surface area contributed by atoms with Gasteiger partial charge in [0.15, 0.2) is 0 Å². The summed E-state index contributed by atoms with van der Waals surface area (Å²) in [6.45, 7) is 1.15. The molecule has 1 unspecified atom stereocenters. The van der Waals surface area contributed by atoms with E-state index in [-0.39, 0.29) is 5.56 Å². The molecule has 4 heteroatoms. The van der Waals surface area contributed by atoms with Crippen LogP contribution in [-0.4, -0.2) is 24.2 Å². The van der Waals surface area contributed by atoms with Crippen LogP contribution in [0, 0.1) is 0 Å². The lowest BCUT2D eigenvalue weighted by Crippen LogP contribution is -2.40. The number of piperidine rings is 1. The van der Waals surface area contributed by atoms with E-state index in [1.807, 2.05) is 0 Å². The standard InChI is InChI=1S/C12H14FNO2/c13-12(6-1-7-14-8-12)10-4-2-9(3-5-10)11(15)16/h2-5,14H,1,6-8H2,(H,15,16). The van der Waals surface area contributed by atoms with Crippen molar-refractivity contribution >= 4 is 5.97 Å². The van der Waals surface area contributed by atoms with Crippen LogP contribution in [0.15, 0.2) is 24.3 Å². The number of benzene rings is 1. The molecule has 0 bridgehead atoms. The Morgan fingerprint density at radius 3 is 2.56 bits per heavy atom. The number of hydrogen-bond donors (Lipinski definition) is 2. The van der Waals surface area contributed by atoms with Crippen molar-refractivity contribution in [2.24, 2.45) is 0 Å². The topological polar surface area (TPSA) is 49.3 Å². The highest BCUT2D eigenvalue weighted by atomic mass is 19.1. The SMILES string of the molecule is O=C(O)c1ccc(C2(F)CCCNC2)cc1. The minimum Gasteiger partial charge on any atom is -0.478 e. The molecule has 0 aromatic heterocycles. The Balaban J connectivity index is 2.23. The maximum Gasteiger partial charge on any atom is 0.335 e. The Kier molecular flexibility index (Phi) is 2.92. The fourth-order valence-electron chi connectivity index (χ4n) is 2.03. The van der Waals surface area contributed by atoms with Crippen LogP contribution >= 0.6 is 0 Å². The molecular weight excluding hydrogens is 209 g/mol. The smallest absolute Gasteiger partial charge is 0.335 e. The molecule has 0 radical (unpaired) electrons. The number of alkyl halides is 1. The van der Waals surface area contributed by atoms with E-state index in [1.54, 1.807) is 12.1 Å². The van der Waals surface area contributed by atoms with Gasteiger partial charge in [0.1, 0.15) is 5.67 Å². The first-order chi connectivity index (χ1) is 7.62. The number of halogens is 1. The van der Waals surface area contributed by atoms with Crippen molar-refractivity contribution in [1.29, 1.82) is 0 Å². The van der Waals surface area contributed by atoms with Crippen molar-refractivity contribution in [2.75, 3.05) is 13.1 Å². The van der Waals surface area contributed by atoms with Gasteiger partial charge in [-0.05, 0) is 37.1 Å². The molecule has 0 saturated carbocycles. The first-order valence-corrected chi connectivity index (χ1v) is 5.35. The highest BCUT2D eigenvalue weighted by Crippen LogP contribution is 2.32. The summed E-state index contributed by atoms with van der Waals surface area (Å²) in [5.74, 6) is -0.985. The third kappa shape index (κ3) is 2.07. The van der Waals surface area contributed by atoms with Gasteiger partial charge < -0.3 is 10.4 Å². The van der Waals surface area contributed by atoms with Crippen molar-refractivity contribution in [1.82, 2.24) is 5.32 Å². The van der Waals surface area contributed by atoms with Gasteiger partial charge in [0.2, 0.25) is 0 Å². The fourth-order valence-corrected chi connectivity index (χ4v) is 2.03. The van der Waals surface area contributed by atoms with Gasteiger partial charge in [-0.2, -0.15) is 0 Å². The van der Waals surface area contributed by atoms with Crippen LogP contribution in [0.1, 0.15) is 28.8 Å². The normalized spacial score (nSPS) is 25.3. The van der Waals surface area contributed by atoms with E-state index in [0.717, 1.165) is 13.0 Å². The summed E-state index contributed by atoms with van der Waals surface area (Å²) in [5.41, 5.74) is -0.601. The number of carboxylic acids is 1. The van der Waals surface area contributed by atoms with Crippen LogP contribution in [0.25, 0.3) is 0 Å². The summed E-state index contributed by atoms with van der Waals surface area (Å²) in [6.07, 6.45) is 1.30. The summed E-state index contributed by atoms with van der Waals surface area (Å²) in [5, 5.41) is 11.8. The molecule has 2 rings (SSSR count). The largest absolute Gasteiger partial charge is 0.478 e. The van der Waals surface area contributed by atoms with Crippen molar-refractivity contribution in [2.45, 2.75) is 18.5 Å². The van der Waals surface area contributed by atoms with E-state index in [0.29, 0.717) is 18.5 Å². The zero-order valence-corrected chi connectivity index (χ0v) is 8.87. The lowest BCUT2D eigenvalue weighted by Gasteiger charge is -2.30. The van der Waals surface area contributed by atoms with E-state index in [1.165, 1.54) is 12.1 Å². The number of hydrogen-bond acceptors (Lipinski definition) is 2. The summed E-state index contributed by atoms with van der Waals surface area (Å²) < 4.78 is 14.4. The molecule has 16 heavy (non-hydrogen) atoms. The molecule has 86 valence electrons. The van der Waals surface area contributed by atoms with Gasteiger partial charge in [0.25, 0.3) is 0 Å². The highest BCUT2D eigenvalue weighted by molar-refractivity contribution is 5.87. The molecule has 0 aliphatic carbocycles. The Bertz CT molecular complexity index is 383. The highest BCUT2D eigenvalue weighted by Gasteiger charge is 2.33. The molecule has 1 saturated heterocycles. The van der Waals surface area contributed by atoms with E-state index in [9.17, 15) is 9.18 Å². The number of nitrogens with one attached hydrogen (secondary N) is 1. The summed E-state index contributed by atoms with van der Waals surface area (Å²) in [6, 6.07) is 6.04. The van der Waals surface area contributed by atoms with Gasteiger partial charge in [-0.3, -0.25) is 0 Å². The third-order valence-electron chi connectivity index (χ3n) is 2.98. The predicted molar refractivity (Wildman–Crippen MR) is 58.3 cm³/mol. The van der Waals surface area contributed by atoms with Crippen LogP contribution in [0.5, 0.6) is 0 Å². The molecule has 1 aliphatic heterocycles. The van der Waals surface area contributed by atoms with Crippen molar-refractivity contribution in [3.05, 3.63) is 35.4 Å². The van der Waals surface area contributed by atoms with Gasteiger partial charge in [-0.15, -0.1) is 0 Å². The fraction of sp³-hybridized carbons (Fsp3) is 0.417. The first-order valence-electron chi connectivity index (χ1n) is 5.35. The maximum atomic E-state index is 14.4. The van der Waals surface area contributed by atoms with E-state index < -0.39 is 11.6 Å². The Morgan fingerprint density at radius 2 is 2.06 bits per heavy atom. The summed E-state index contributed by atoms with van der Waals surface area (Å²) >= 11 is 0. The Labute approximate surface area is 93.3 Å². The number of rotatable bonds is 2. The van der Waals surface area contributed by atoms with Gasteiger partial charge in [-0.25, -0.2) is 9.18 Å². The van der Waals surface area contributed by atoms with Crippen LogP contribution in [0.2, 0.25) is 0 Å². The van der Waals surface area contributed by atoms with E-state index in [2.05, 4.69) is 5.32 Å². The summed E-state index contributed by atoms with van der Waals surface area (Å²) in [7, 11) is 0. The first kappa shape index (κ1) is 11.1. The average Bonchev–Trinajstić information content (AvgIpc) is 2.30. The number of carboxylic acid groups (broad SMARTS) is 1. The van der Waals surface area contributed by atoms with Crippen molar-refractivity contribution < 1.29 is 14.3 Å². The molecule has 3 nitrogen and oxygen atoms in total. The maximum absolute atomic E-state index is 14.4. The van der Waals surface area contributed by atoms with Crippen molar-refractivity contribution in [3.63, 3.8) is 0 Å². The monoisotopic (exact) mass is 223 g/mol. The second-order valence-corrected chi connectivity index (χ2v) is 4.13. The summed E-state index contributed by atoms with van der Waals surface area (Å²) in [4.78, 5) is 10.7. The molecule has 2 N–H and O–H groups in total. The molecule has 1 atom stereocenters. The number of aromatic carboxylic acids is 1. The zero-order chi connectivity index (χ0) is 11.6. The van der Waals surface area contributed by atoms with Crippen LogP contribution in [-0.2, 0) is 5.67 Å². The Morgan fingerprint density at radius 1 is 1.38 bits per heavy atom. The lowest BCUT2D eigenvalue weighted by atomic mass is 9.88. The van der Waals surface area contributed by atoms with Gasteiger partial charge in [0, 0.05) is 6.54 Å². The van der Waals surface area contributed by atoms with Crippen LogP contribution < -0.4 is 5.32 Å². The molecule has 1 heterocycles. The molecule has 0 spiro atoms. The van der Waals surface area contributed by atoms with Gasteiger partial charge in [-0.1, -0.05) is 12.1 Å². The minimum atomic E-state index is -1.35. The Hall–Kier alpha value is -1.42. The average molecular weight is 223 g/mol. The minimum absolute atomic E-state index is 0.191. The van der Waals surface area contributed by atoms with Crippen LogP contribution in [0.3, 0.4) is 0 Å². The second-order valence-electron chi connectivity index (χ2n) is 4.13. The van der Waals surface area contributed by atoms with Gasteiger partial charge in [0.05, 0.1) is 5.56 Å². The van der Waals surface area contributed by atoms with Crippen molar-refractivity contribution in [3.8, 4) is 0 Å².